The molecule has 1 amide bonds. The number of benzene rings is 2. The largest absolute Gasteiger partial charge is 0.397 e. The van der Waals surface area contributed by atoms with Crippen molar-refractivity contribution in [3.8, 4) is 11.3 Å². The van der Waals surface area contributed by atoms with Gasteiger partial charge in [0, 0.05) is 31.1 Å². The van der Waals surface area contributed by atoms with Gasteiger partial charge in [0.15, 0.2) is 0 Å². The standard InChI is InChI=1S/C25H27FN4O/c1-29(2)14-17-3-5-18(6-4-17)20-15-30(16-20)25(31)13-24-22(27)11-12-23(28-24)19-7-9-21(26)10-8-19/h3-12,20H,13-16,27H2,1-2H3. The number of carbonyl (C=O) groups is 1. The van der Waals surface area contributed by atoms with Gasteiger partial charge < -0.3 is 15.5 Å². The van der Waals surface area contributed by atoms with Crippen molar-refractivity contribution in [1.82, 2.24) is 14.8 Å². The van der Waals surface area contributed by atoms with Crippen LogP contribution in [0.15, 0.2) is 60.7 Å². The molecule has 0 saturated carbocycles. The van der Waals surface area contributed by atoms with E-state index in [-0.39, 0.29) is 18.1 Å². The number of halogens is 1. The van der Waals surface area contributed by atoms with Crippen LogP contribution in [0.3, 0.4) is 0 Å². The molecule has 0 spiro atoms. The second kappa shape index (κ2) is 8.86. The Morgan fingerprint density at radius 2 is 1.74 bits per heavy atom. The third-order valence-corrected chi connectivity index (χ3v) is 5.65. The summed E-state index contributed by atoms with van der Waals surface area (Å²) in [7, 11) is 4.11. The molecular formula is C25H27FN4O. The number of anilines is 1. The molecule has 2 aromatic carbocycles. The molecule has 3 aromatic rings. The van der Waals surface area contributed by atoms with Gasteiger partial charge in [-0.05, 0) is 61.6 Å². The number of carbonyl (C=O) groups excluding carboxylic acids is 1. The van der Waals surface area contributed by atoms with E-state index >= 15 is 0 Å². The Balaban J connectivity index is 1.37. The molecule has 4 rings (SSSR count). The SMILES string of the molecule is CN(C)Cc1ccc(C2CN(C(=O)Cc3nc(-c4ccc(F)cc4)ccc3N)C2)cc1. The second-order valence-corrected chi connectivity index (χ2v) is 8.39. The Labute approximate surface area is 182 Å². The van der Waals surface area contributed by atoms with Gasteiger partial charge in [-0.2, -0.15) is 0 Å². The van der Waals surface area contributed by atoms with E-state index < -0.39 is 0 Å². The zero-order valence-corrected chi connectivity index (χ0v) is 17.9. The monoisotopic (exact) mass is 418 g/mol. The summed E-state index contributed by atoms with van der Waals surface area (Å²) in [4.78, 5) is 21.3. The van der Waals surface area contributed by atoms with Crippen LogP contribution in [0.25, 0.3) is 11.3 Å². The summed E-state index contributed by atoms with van der Waals surface area (Å²) in [6, 6.07) is 18.3. The topological polar surface area (TPSA) is 62.5 Å². The normalized spacial score (nSPS) is 14.0. The molecule has 1 aliphatic rings. The molecule has 160 valence electrons. The number of pyridine rings is 1. The number of aromatic nitrogens is 1. The maximum absolute atomic E-state index is 13.2. The zero-order chi connectivity index (χ0) is 22.0. The van der Waals surface area contributed by atoms with E-state index in [1.165, 1.54) is 23.3 Å². The molecule has 5 nitrogen and oxygen atoms in total. The summed E-state index contributed by atoms with van der Waals surface area (Å²) in [5.74, 6) is 0.0958. The Morgan fingerprint density at radius 1 is 1.06 bits per heavy atom. The van der Waals surface area contributed by atoms with Gasteiger partial charge >= 0.3 is 0 Å². The summed E-state index contributed by atoms with van der Waals surface area (Å²) >= 11 is 0. The molecule has 2 heterocycles. The predicted octanol–water partition coefficient (Wildman–Crippen LogP) is 3.70. The molecule has 0 aliphatic carbocycles. The lowest BCUT2D eigenvalue weighted by Gasteiger charge is -2.39. The van der Waals surface area contributed by atoms with Crippen molar-refractivity contribution in [3.63, 3.8) is 0 Å². The van der Waals surface area contributed by atoms with Gasteiger partial charge in [-0.15, -0.1) is 0 Å². The van der Waals surface area contributed by atoms with E-state index in [1.54, 1.807) is 24.3 Å². The molecule has 0 bridgehead atoms. The molecule has 6 heteroatoms. The van der Waals surface area contributed by atoms with Crippen molar-refractivity contribution < 1.29 is 9.18 Å². The maximum atomic E-state index is 13.2. The summed E-state index contributed by atoms with van der Waals surface area (Å²) in [6.07, 6.45) is 0.162. The Hall–Kier alpha value is -3.25. The van der Waals surface area contributed by atoms with Gasteiger partial charge in [0.1, 0.15) is 5.82 Å². The van der Waals surface area contributed by atoms with E-state index in [4.69, 9.17) is 5.73 Å². The lowest BCUT2D eigenvalue weighted by atomic mass is 9.90. The molecule has 0 atom stereocenters. The number of hydrogen-bond acceptors (Lipinski definition) is 4. The highest BCUT2D eigenvalue weighted by Crippen LogP contribution is 2.28. The highest BCUT2D eigenvalue weighted by Gasteiger charge is 2.32. The second-order valence-electron chi connectivity index (χ2n) is 8.39. The third kappa shape index (κ3) is 4.91. The van der Waals surface area contributed by atoms with E-state index in [0.717, 1.165) is 12.1 Å². The zero-order valence-electron chi connectivity index (χ0n) is 17.9. The highest BCUT2D eigenvalue weighted by molar-refractivity contribution is 5.81. The smallest absolute Gasteiger partial charge is 0.228 e. The van der Waals surface area contributed by atoms with Gasteiger partial charge in [-0.25, -0.2) is 4.39 Å². The van der Waals surface area contributed by atoms with E-state index in [1.807, 2.05) is 4.90 Å². The van der Waals surface area contributed by atoms with Crippen LogP contribution in [-0.4, -0.2) is 47.9 Å². The summed E-state index contributed by atoms with van der Waals surface area (Å²) in [5.41, 5.74) is 11.1. The maximum Gasteiger partial charge on any atom is 0.228 e. The Kier molecular flexibility index (Phi) is 6.00. The fourth-order valence-corrected chi connectivity index (χ4v) is 3.84. The summed E-state index contributed by atoms with van der Waals surface area (Å²) in [5, 5.41) is 0. The minimum absolute atomic E-state index is 0.0240. The summed E-state index contributed by atoms with van der Waals surface area (Å²) in [6.45, 7) is 2.34. The highest BCUT2D eigenvalue weighted by atomic mass is 19.1. The first kappa shape index (κ1) is 21.0. The van der Waals surface area contributed by atoms with Crippen LogP contribution in [0, 0.1) is 5.82 Å². The average Bonchev–Trinajstić information content (AvgIpc) is 2.70. The van der Waals surface area contributed by atoms with Crippen LogP contribution < -0.4 is 5.73 Å². The first-order valence-corrected chi connectivity index (χ1v) is 10.4. The molecule has 2 N–H and O–H groups in total. The van der Waals surface area contributed by atoms with Gasteiger partial charge in [0.25, 0.3) is 0 Å². The van der Waals surface area contributed by atoms with E-state index in [9.17, 15) is 9.18 Å². The van der Waals surface area contributed by atoms with Crippen molar-refractivity contribution in [2.75, 3.05) is 32.9 Å². The fraction of sp³-hybridized carbons (Fsp3) is 0.280. The summed E-state index contributed by atoms with van der Waals surface area (Å²) < 4.78 is 13.2. The number of nitrogen functional groups attached to an aromatic ring is 1. The molecule has 1 aliphatic heterocycles. The van der Waals surface area contributed by atoms with Gasteiger partial charge in [-0.3, -0.25) is 9.78 Å². The first-order valence-electron chi connectivity index (χ1n) is 10.4. The first-order chi connectivity index (χ1) is 14.9. The van der Waals surface area contributed by atoms with Gasteiger partial charge in [-0.1, -0.05) is 24.3 Å². The van der Waals surface area contributed by atoms with Crippen molar-refractivity contribution in [1.29, 1.82) is 0 Å². The average molecular weight is 419 g/mol. The lowest BCUT2D eigenvalue weighted by molar-refractivity contribution is -0.134. The van der Waals surface area contributed by atoms with Crippen molar-refractivity contribution in [3.05, 3.63) is 83.3 Å². The number of amides is 1. The molecular weight excluding hydrogens is 391 g/mol. The van der Waals surface area contributed by atoms with Crippen LogP contribution in [0.1, 0.15) is 22.7 Å². The molecule has 0 radical (unpaired) electrons. The molecule has 31 heavy (non-hydrogen) atoms. The molecule has 1 saturated heterocycles. The minimum atomic E-state index is -0.297. The lowest BCUT2D eigenvalue weighted by Crippen LogP contribution is -2.49. The van der Waals surface area contributed by atoms with Crippen LogP contribution in [0.4, 0.5) is 10.1 Å². The number of hydrogen-bond donors (Lipinski definition) is 1. The number of nitrogens with two attached hydrogens (primary N) is 1. The Morgan fingerprint density at radius 3 is 2.39 bits per heavy atom. The number of nitrogens with zero attached hydrogens (tertiary/aromatic N) is 3. The van der Waals surface area contributed by atoms with Crippen LogP contribution in [0.2, 0.25) is 0 Å². The number of likely N-dealkylation sites (tertiary alicyclic amines) is 1. The molecule has 0 unspecified atom stereocenters. The van der Waals surface area contributed by atoms with Crippen LogP contribution in [0.5, 0.6) is 0 Å². The Bertz CT molecular complexity index is 1060. The molecule has 1 fully saturated rings. The predicted molar refractivity (Wildman–Crippen MR) is 121 cm³/mol. The van der Waals surface area contributed by atoms with Gasteiger partial charge in [0.05, 0.1) is 23.5 Å². The van der Waals surface area contributed by atoms with E-state index in [2.05, 4.69) is 48.2 Å². The fourth-order valence-electron chi connectivity index (χ4n) is 3.84. The van der Waals surface area contributed by atoms with E-state index in [0.29, 0.717) is 36.1 Å². The van der Waals surface area contributed by atoms with Crippen molar-refractivity contribution >= 4 is 11.6 Å². The molecule has 1 aromatic heterocycles. The minimum Gasteiger partial charge on any atom is -0.397 e. The van der Waals surface area contributed by atoms with Crippen LogP contribution >= 0.6 is 0 Å². The van der Waals surface area contributed by atoms with Crippen LogP contribution in [-0.2, 0) is 17.8 Å². The van der Waals surface area contributed by atoms with Gasteiger partial charge in [0.2, 0.25) is 5.91 Å². The van der Waals surface area contributed by atoms with Crippen molar-refractivity contribution in [2.45, 2.75) is 18.9 Å². The number of rotatable bonds is 6. The van der Waals surface area contributed by atoms with Crippen molar-refractivity contribution in [2.24, 2.45) is 0 Å². The third-order valence-electron chi connectivity index (χ3n) is 5.65. The quantitative estimate of drug-likeness (QED) is 0.663.